The number of nitrogen functional groups attached to an aromatic ring is 1. The minimum absolute atomic E-state index is 0.0139. The molecule has 7 nitrogen and oxygen atoms in total. The van der Waals surface area contributed by atoms with Crippen LogP contribution in [0.5, 0.6) is 0 Å². The molecule has 1 aliphatic rings. The van der Waals surface area contributed by atoms with Crippen LogP contribution in [-0.4, -0.2) is 51.6 Å². The van der Waals surface area contributed by atoms with Crippen molar-refractivity contribution in [2.75, 3.05) is 25.4 Å². The van der Waals surface area contributed by atoms with E-state index >= 15 is 0 Å². The van der Waals surface area contributed by atoms with Gasteiger partial charge in [-0.15, -0.1) is 0 Å². The molecule has 3 rings (SSSR count). The van der Waals surface area contributed by atoms with Gasteiger partial charge < -0.3 is 15.4 Å². The highest BCUT2D eigenvalue weighted by atomic mass is 16.5. The summed E-state index contributed by atoms with van der Waals surface area (Å²) in [6, 6.07) is 5.47. The van der Waals surface area contributed by atoms with Gasteiger partial charge in [0.2, 0.25) is 0 Å². The molecule has 0 radical (unpaired) electrons. The fourth-order valence-electron chi connectivity index (χ4n) is 2.79. The van der Waals surface area contributed by atoms with Gasteiger partial charge in [0.25, 0.3) is 5.91 Å². The van der Waals surface area contributed by atoms with Gasteiger partial charge in [0.05, 0.1) is 12.7 Å². The van der Waals surface area contributed by atoms with Crippen LogP contribution in [0, 0.1) is 6.92 Å². The van der Waals surface area contributed by atoms with Crippen molar-refractivity contribution in [3.63, 3.8) is 0 Å². The first-order chi connectivity index (χ1) is 11.6. The van der Waals surface area contributed by atoms with Crippen LogP contribution >= 0.6 is 0 Å². The van der Waals surface area contributed by atoms with Crippen molar-refractivity contribution in [3.8, 4) is 0 Å². The second kappa shape index (κ2) is 7.35. The summed E-state index contributed by atoms with van der Waals surface area (Å²) in [7, 11) is 0. The second-order valence-corrected chi connectivity index (χ2v) is 5.86. The van der Waals surface area contributed by atoms with E-state index in [0.717, 1.165) is 18.4 Å². The highest BCUT2D eigenvalue weighted by Crippen LogP contribution is 2.15. The number of aromatic nitrogens is 3. The molecule has 3 heterocycles. The summed E-state index contributed by atoms with van der Waals surface area (Å²) in [5.74, 6) is 1.05. The van der Waals surface area contributed by atoms with Crippen LogP contribution in [0.25, 0.3) is 0 Å². The number of nitrogens with two attached hydrogens (primary N) is 1. The number of pyridine rings is 1. The summed E-state index contributed by atoms with van der Waals surface area (Å²) in [6.07, 6.45) is 5.00. The van der Waals surface area contributed by atoms with Gasteiger partial charge in [-0.25, -0.2) is 15.0 Å². The van der Waals surface area contributed by atoms with Crippen LogP contribution < -0.4 is 5.73 Å². The first-order valence-electron chi connectivity index (χ1n) is 8.03. The van der Waals surface area contributed by atoms with E-state index in [9.17, 15) is 4.79 Å². The van der Waals surface area contributed by atoms with Gasteiger partial charge in [0.15, 0.2) is 0 Å². The number of amides is 1. The second-order valence-electron chi connectivity index (χ2n) is 5.86. The van der Waals surface area contributed by atoms with Crippen LogP contribution in [0.15, 0.2) is 30.6 Å². The van der Waals surface area contributed by atoms with E-state index in [1.807, 2.05) is 12.1 Å². The standard InChI is InChI=1S/C17H21N5O2/c1-12-19-7-5-15(21-12)17(23)22-8-9-24-14(11-22)3-2-13-4-6-20-16(18)10-13/h4-7,10,14H,2-3,8-9,11H2,1H3,(H2,18,20). The van der Waals surface area contributed by atoms with E-state index in [-0.39, 0.29) is 12.0 Å². The van der Waals surface area contributed by atoms with E-state index < -0.39 is 0 Å². The third-order valence-electron chi connectivity index (χ3n) is 4.02. The fourth-order valence-corrected chi connectivity index (χ4v) is 2.79. The molecule has 1 saturated heterocycles. The first kappa shape index (κ1) is 16.3. The molecule has 24 heavy (non-hydrogen) atoms. The number of aryl methyl sites for hydroxylation is 2. The lowest BCUT2D eigenvalue weighted by Gasteiger charge is -2.32. The number of morpholine rings is 1. The Morgan fingerprint density at radius 1 is 1.38 bits per heavy atom. The Hall–Kier alpha value is -2.54. The number of nitrogens with zero attached hydrogens (tertiary/aromatic N) is 4. The predicted molar refractivity (Wildman–Crippen MR) is 89.4 cm³/mol. The predicted octanol–water partition coefficient (Wildman–Crippen LogP) is 1.24. The molecule has 0 spiro atoms. The number of hydrogen-bond donors (Lipinski definition) is 1. The molecule has 2 aromatic rings. The van der Waals surface area contributed by atoms with Crippen LogP contribution in [0.3, 0.4) is 0 Å². The van der Waals surface area contributed by atoms with Gasteiger partial charge in [-0.2, -0.15) is 0 Å². The summed E-state index contributed by atoms with van der Waals surface area (Å²) < 4.78 is 5.80. The first-order valence-corrected chi connectivity index (χ1v) is 8.03. The molecule has 0 aromatic carbocycles. The molecule has 0 bridgehead atoms. The molecule has 7 heteroatoms. The number of rotatable bonds is 4. The van der Waals surface area contributed by atoms with Crippen molar-refractivity contribution >= 4 is 11.7 Å². The molecule has 1 amide bonds. The quantitative estimate of drug-likeness (QED) is 0.908. The zero-order chi connectivity index (χ0) is 16.9. The number of carbonyl (C=O) groups excluding carboxylic acids is 1. The molecule has 0 aliphatic carbocycles. The minimum atomic E-state index is -0.0676. The van der Waals surface area contributed by atoms with Crippen molar-refractivity contribution < 1.29 is 9.53 Å². The molecule has 2 N–H and O–H groups in total. The van der Waals surface area contributed by atoms with E-state index in [4.69, 9.17) is 10.5 Å². The van der Waals surface area contributed by atoms with Crippen LogP contribution in [0.1, 0.15) is 28.3 Å². The average molecular weight is 327 g/mol. The number of hydrogen-bond acceptors (Lipinski definition) is 6. The number of anilines is 1. The van der Waals surface area contributed by atoms with Gasteiger partial charge in [-0.3, -0.25) is 4.79 Å². The third-order valence-corrected chi connectivity index (χ3v) is 4.02. The minimum Gasteiger partial charge on any atom is -0.384 e. The van der Waals surface area contributed by atoms with Crippen molar-refractivity contribution in [2.24, 2.45) is 0 Å². The lowest BCUT2D eigenvalue weighted by atomic mass is 10.1. The smallest absolute Gasteiger partial charge is 0.272 e. The molecule has 1 atom stereocenters. The van der Waals surface area contributed by atoms with E-state index in [2.05, 4.69) is 15.0 Å². The van der Waals surface area contributed by atoms with Gasteiger partial charge in [0.1, 0.15) is 17.3 Å². The van der Waals surface area contributed by atoms with Crippen molar-refractivity contribution in [1.29, 1.82) is 0 Å². The maximum Gasteiger partial charge on any atom is 0.272 e. The molecule has 2 aromatic heterocycles. The maximum absolute atomic E-state index is 12.6. The Morgan fingerprint density at radius 3 is 3.00 bits per heavy atom. The van der Waals surface area contributed by atoms with E-state index in [1.54, 1.807) is 30.3 Å². The highest BCUT2D eigenvalue weighted by Gasteiger charge is 2.25. The summed E-state index contributed by atoms with van der Waals surface area (Å²) in [6.45, 7) is 3.47. The lowest BCUT2D eigenvalue weighted by molar-refractivity contribution is -0.0247. The maximum atomic E-state index is 12.6. The Kier molecular flexibility index (Phi) is 5.00. The summed E-state index contributed by atoms with van der Waals surface area (Å²) >= 11 is 0. The summed E-state index contributed by atoms with van der Waals surface area (Å²) in [5.41, 5.74) is 7.26. The van der Waals surface area contributed by atoms with Crippen molar-refractivity contribution in [3.05, 3.63) is 47.7 Å². The Morgan fingerprint density at radius 2 is 2.21 bits per heavy atom. The molecule has 0 saturated carbocycles. The Labute approximate surface area is 140 Å². The molecule has 1 aliphatic heterocycles. The van der Waals surface area contributed by atoms with E-state index in [0.29, 0.717) is 37.0 Å². The van der Waals surface area contributed by atoms with Gasteiger partial charge in [-0.1, -0.05) is 0 Å². The Bertz CT molecular complexity index is 722. The van der Waals surface area contributed by atoms with Gasteiger partial charge in [-0.05, 0) is 43.5 Å². The largest absolute Gasteiger partial charge is 0.384 e. The highest BCUT2D eigenvalue weighted by molar-refractivity contribution is 5.92. The van der Waals surface area contributed by atoms with Crippen LogP contribution in [0.2, 0.25) is 0 Å². The fraction of sp³-hybridized carbons (Fsp3) is 0.412. The van der Waals surface area contributed by atoms with E-state index in [1.165, 1.54) is 0 Å². The van der Waals surface area contributed by atoms with Gasteiger partial charge >= 0.3 is 0 Å². The van der Waals surface area contributed by atoms with Gasteiger partial charge in [0, 0.05) is 25.5 Å². The number of ether oxygens (including phenoxy) is 1. The Balaban J connectivity index is 1.59. The molecule has 126 valence electrons. The zero-order valence-corrected chi connectivity index (χ0v) is 13.7. The normalized spacial score (nSPS) is 17.7. The monoisotopic (exact) mass is 327 g/mol. The average Bonchev–Trinajstić information content (AvgIpc) is 2.60. The topological polar surface area (TPSA) is 94.2 Å². The third kappa shape index (κ3) is 4.05. The lowest BCUT2D eigenvalue weighted by Crippen LogP contribution is -2.46. The van der Waals surface area contributed by atoms with Crippen molar-refractivity contribution in [1.82, 2.24) is 19.9 Å². The summed E-state index contributed by atoms with van der Waals surface area (Å²) in [4.78, 5) is 26.6. The van der Waals surface area contributed by atoms with Crippen molar-refractivity contribution in [2.45, 2.75) is 25.9 Å². The molecule has 1 fully saturated rings. The zero-order valence-electron chi connectivity index (χ0n) is 13.7. The van der Waals surface area contributed by atoms with Crippen LogP contribution in [-0.2, 0) is 11.2 Å². The molecular weight excluding hydrogens is 306 g/mol. The number of carbonyl (C=O) groups is 1. The SMILES string of the molecule is Cc1nccc(C(=O)N2CCOC(CCc3ccnc(N)c3)C2)n1. The van der Waals surface area contributed by atoms with Crippen LogP contribution in [0.4, 0.5) is 5.82 Å². The summed E-state index contributed by atoms with van der Waals surface area (Å²) in [5, 5.41) is 0. The molecular formula is C17H21N5O2. The molecule has 1 unspecified atom stereocenters.